The van der Waals surface area contributed by atoms with Crippen LogP contribution in [-0.2, 0) is 0 Å². The van der Waals surface area contributed by atoms with Gasteiger partial charge in [-0.3, -0.25) is 4.79 Å². The molecule has 108 valence electrons. The highest BCUT2D eigenvalue weighted by atomic mass is 16.1. The second-order valence-corrected chi connectivity index (χ2v) is 5.55. The summed E-state index contributed by atoms with van der Waals surface area (Å²) in [6.45, 7) is 3.19. The zero-order valence-corrected chi connectivity index (χ0v) is 12.1. The first-order valence-corrected chi connectivity index (χ1v) is 7.17. The number of hydrogen-bond acceptors (Lipinski definition) is 4. The van der Waals surface area contributed by atoms with Gasteiger partial charge in [0.15, 0.2) is 5.78 Å². The average molecular weight is 281 g/mol. The fraction of sp³-hybridized carbons (Fsp3) is 0.294. The smallest absolute Gasteiger partial charge is 0.161 e. The molecule has 1 aromatic carbocycles. The minimum atomic E-state index is 0.0364. The molecule has 1 saturated heterocycles. The number of carbonyl (C=O) groups excluding carboxylic acids is 1. The molecule has 0 bridgehead atoms. The van der Waals surface area contributed by atoms with Crippen LogP contribution in [0.1, 0.15) is 28.8 Å². The van der Waals surface area contributed by atoms with E-state index in [9.17, 15) is 4.79 Å². The maximum Gasteiger partial charge on any atom is 0.161 e. The number of nitrogens with two attached hydrogens (primary N) is 1. The maximum atomic E-state index is 11.3. The maximum absolute atomic E-state index is 11.3. The third-order valence-corrected chi connectivity index (χ3v) is 4.07. The Morgan fingerprint density at radius 2 is 1.95 bits per heavy atom. The number of ketones is 1. The van der Waals surface area contributed by atoms with Crippen molar-refractivity contribution in [2.45, 2.75) is 18.9 Å². The number of pyridine rings is 1. The lowest BCUT2D eigenvalue weighted by Crippen LogP contribution is -2.28. The van der Waals surface area contributed by atoms with E-state index in [1.54, 1.807) is 13.1 Å². The predicted molar refractivity (Wildman–Crippen MR) is 83.6 cm³/mol. The van der Waals surface area contributed by atoms with Gasteiger partial charge in [-0.2, -0.15) is 0 Å². The Morgan fingerprint density at radius 3 is 2.57 bits per heavy atom. The molecule has 21 heavy (non-hydrogen) atoms. The van der Waals surface area contributed by atoms with Gasteiger partial charge in [0.1, 0.15) is 5.82 Å². The molecule has 0 radical (unpaired) electrons. The van der Waals surface area contributed by atoms with Crippen LogP contribution in [0.4, 0.5) is 5.82 Å². The molecule has 2 aromatic rings. The van der Waals surface area contributed by atoms with Crippen molar-refractivity contribution in [1.29, 1.82) is 0 Å². The van der Waals surface area contributed by atoms with Gasteiger partial charge in [0.25, 0.3) is 0 Å². The largest absolute Gasteiger partial charge is 0.354 e. The molecule has 3 rings (SSSR count). The molecule has 1 aliphatic heterocycles. The highest BCUT2D eigenvalue weighted by molar-refractivity contribution is 5.93. The van der Waals surface area contributed by atoms with Crippen LogP contribution < -0.4 is 10.6 Å². The van der Waals surface area contributed by atoms with Crippen molar-refractivity contribution in [1.82, 2.24) is 4.98 Å². The van der Waals surface area contributed by atoms with Gasteiger partial charge in [0.2, 0.25) is 0 Å². The topological polar surface area (TPSA) is 59.2 Å². The van der Waals surface area contributed by atoms with Crippen LogP contribution in [0.3, 0.4) is 0 Å². The number of Topliss-reactive ketones (excluding diaryl/α,β-unsaturated/α-hetero) is 1. The highest BCUT2D eigenvalue weighted by Crippen LogP contribution is 2.29. The van der Waals surface area contributed by atoms with Crippen LogP contribution in [-0.4, -0.2) is 29.9 Å². The molecule has 0 spiro atoms. The SMILES string of the molecule is CC(=O)c1ccc(N2C[C@H](c3ccccc3)[C@@H](N)C2)nc1. The number of anilines is 1. The summed E-state index contributed by atoms with van der Waals surface area (Å²) >= 11 is 0. The molecule has 0 aliphatic carbocycles. The lowest BCUT2D eigenvalue weighted by atomic mass is 9.95. The molecule has 1 fully saturated rings. The summed E-state index contributed by atoms with van der Waals surface area (Å²) in [5.41, 5.74) is 8.21. The summed E-state index contributed by atoms with van der Waals surface area (Å²) in [6, 6.07) is 14.2. The van der Waals surface area contributed by atoms with E-state index >= 15 is 0 Å². The number of rotatable bonds is 3. The van der Waals surface area contributed by atoms with E-state index in [0.717, 1.165) is 18.9 Å². The van der Waals surface area contributed by atoms with Crippen molar-refractivity contribution in [3.63, 3.8) is 0 Å². The van der Waals surface area contributed by atoms with Gasteiger partial charge in [0.05, 0.1) is 0 Å². The minimum Gasteiger partial charge on any atom is -0.354 e. The van der Waals surface area contributed by atoms with Crippen LogP contribution in [0.5, 0.6) is 0 Å². The molecule has 4 nitrogen and oxygen atoms in total. The summed E-state index contributed by atoms with van der Waals surface area (Å²) in [5, 5.41) is 0. The van der Waals surface area contributed by atoms with E-state index in [1.165, 1.54) is 5.56 Å². The molecule has 4 heteroatoms. The van der Waals surface area contributed by atoms with Crippen molar-refractivity contribution in [2.24, 2.45) is 5.73 Å². The number of nitrogens with zero attached hydrogens (tertiary/aromatic N) is 2. The van der Waals surface area contributed by atoms with Crippen LogP contribution in [0.15, 0.2) is 48.7 Å². The zero-order chi connectivity index (χ0) is 14.8. The number of hydrogen-bond donors (Lipinski definition) is 1. The molecule has 1 aromatic heterocycles. The monoisotopic (exact) mass is 281 g/mol. The van der Waals surface area contributed by atoms with Crippen molar-refractivity contribution in [3.05, 3.63) is 59.8 Å². The molecular weight excluding hydrogens is 262 g/mol. The molecule has 1 aliphatic rings. The van der Waals surface area contributed by atoms with Gasteiger partial charge in [-0.15, -0.1) is 0 Å². The van der Waals surface area contributed by atoms with Gasteiger partial charge < -0.3 is 10.6 Å². The molecule has 2 heterocycles. The Morgan fingerprint density at radius 1 is 1.19 bits per heavy atom. The van der Waals surface area contributed by atoms with Gasteiger partial charge in [-0.25, -0.2) is 4.98 Å². The van der Waals surface area contributed by atoms with Gasteiger partial charge >= 0.3 is 0 Å². The highest BCUT2D eigenvalue weighted by Gasteiger charge is 2.31. The van der Waals surface area contributed by atoms with E-state index in [2.05, 4.69) is 22.0 Å². The number of aromatic nitrogens is 1. The molecule has 0 unspecified atom stereocenters. The molecule has 2 atom stereocenters. The lowest BCUT2D eigenvalue weighted by molar-refractivity contribution is 0.101. The van der Waals surface area contributed by atoms with Crippen LogP contribution in [0.25, 0.3) is 0 Å². The van der Waals surface area contributed by atoms with E-state index in [0.29, 0.717) is 11.5 Å². The van der Waals surface area contributed by atoms with Crippen molar-refractivity contribution >= 4 is 11.6 Å². The van der Waals surface area contributed by atoms with Crippen molar-refractivity contribution in [2.75, 3.05) is 18.0 Å². The van der Waals surface area contributed by atoms with Crippen LogP contribution >= 0.6 is 0 Å². The number of carbonyl (C=O) groups is 1. The van der Waals surface area contributed by atoms with E-state index < -0.39 is 0 Å². The fourth-order valence-corrected chi connectivity index (χ4v) is 2.85. The summed E-state index contributed by atoms with van der Waals surface area (Å²) in [4.78, 5) is 17.9. The second-order valence-electron chi connectivity index (χ2n) is 5.55. The van der Waals surface area contributed by atoms with Crippen LogP contribution in [0.2, 0.25) is 0 Å². The van der Waals surface area contributed by atoms with Crippen molar-refractivity contribution < 1.29 is 4.79 Å². The molecule has 2 N–H and O–H groups in total. The minimum absolute atomic E-state index is 0.0364. The Balaban J connectivity index is 1.78. The Labute approximate surface area is 124 Å². The van der Waals surface area contributed by atoms with Gasteiger partial charge in [0, 0.05) is 36.8 Å². The summed E-state index contributed by atoms with van der Waals surface area (Å²) in [7, 11) is 0. The third-order valence-electron chi connectivity index (χ3n) is 4.07. The summed E-state index contributed by atoms with van der Waals surface area (Å²) in [6.07, 6.45) is 1.64. The first-order chi connectivity index (χ1) is 10.1. The van der Waals surface area contributed by atoms with Gasteiger partial charge in [-0.1, -0.05) is 30.3 Å². The molecule has 0 saturated carbocycles. The summed E-state index contributed by atoms with van der Waals surface area (Å²) < 4.78 is 0. The zero-order valence-electron chi connectivity index (χ0n) is 12.1. The Kier molecular flexibility index (Phi) is 3.71. The first kappa shape index (κ1) is 13.8. The summed E-state index contributed by atoms with van der Waals surface area (Å²) in [5.74, 6) is 1.24. The third kappa shape index (κ3) is 2.81. The quantitative estimate of drug-likeness (QED) is 0.876. The predicted octanol–water partition coefficient (Wildman–Crippen LogP) is 2.22. The molecular formula is C17H19N3O. The average Bonchev–Trinajstić information content (AvgIpc) is 2.90. The number of benzene rings is 1. The Bertz CT molecular complexity index is 624. The fourth-order valence-electron chi connectivity index (χ4n) is 2.85. The normalized spacial score (nSPS) is 21.5. The van der Waals surface area contributed by atoms with E-state index in [-0.39, 0.29) is 11.8 Å². The second kappa shape index (κ2) is 5.66. The Hall–Kier alpha value is -2.20. The van der Waals surface area contributed by atoms with E-state index in [4.69, 9.17) is 5.73 Å². The van der Waals surface area contributed by atoms with Gasteiger partial charge in [-0.05, 0) is 24.6 Å². The van der Waals surface area contributed by atoms with Crippen LogP contribution in [0, 0.1) is 0 Å². The standard InChI is InChI=1S/C17H19N3O/c1-12(21)14-7-8-17(19-9-14)20-10-15(16(18)11-20)13-5-3-2-4-6-13/h2-9,15-16H,10-11,18H2,1H3/t15-,16+/m1/s1. The lowest BCUT2D eigenvalue weighted by Gasteiger charge is -2.17. The first-order valence-electron chi connectivity index (χ1n) is 7.17. The van der Waals surface area contributed by atoms with Crippen molar-refractivity contribution in [3.8, 4) is 0 Å². The van der Waals surface area contributed by atoms with E-state index in [1.807, 2.05) is 30.3 Å². The molecule has 0 amide bonds.